The van der Waals surface area contributed by atoms with Crippen LogP contribution in [0.3, 0.4) is 0 Å². The lowest BCUT2D eigenvalue weighted by Gasteiger charge is -2.29. The van der Waals surface area contributed by atoms with Crippen LogP contribution in [-0.4, -0.2) is 20.9 Å². The number of hydrogen-bond donors (Lipinski definition) is 3. The number of rotatable bonds is 4. The van der Waals surface area contributed by atoms with Gasteiger partial charge in [0.05, 0.1) is 0 Å². The van der Waals surface area contributed by atoms with Gasteiger partial charge in [-0.2, -0.15) is 4.13 Å². The molecule has 0 spiro atoms. The van der Waals surface area contributed by atoms with Gasteiger partial charge in [0.1, 0.15) is 0 Å². The van der Waals surface area contributed by atoms with E-state index in [1.165, 1.54) is 0 Å². The fraction of sp³-hybridized carbons (Fsp3) is 0.143. The number of thiol groups is 2. The maximum absolute atomic E-state index is 12.7. The highest BCUT2D eigenvalue weighted by atomic mass is 32.3. The van der Waals surface area contributed by atoms with Gasteiger partial charge in [0, 0.05) is 22.3 Å². The van der Waals surface area contributed by atoms with E-state index in [0.717, 1.165) is 0 Å². The molecule has 2 rings (SSSR count). The van der Waals surface area contributed by atoms with Gasteiger partial charge < -0.3 is 0 Å². The molecule has 5 heteroatoms. The Morgan fingerprint density at radius 2 is 1.00 bits per heavy atom. The Labute approximate surface area is 116 Å². The molecule has 0 bridgehead atoms. The van der Waals surface area contributed by atoms with Gasteiger partial charge in [-0.1, -0.05) is 36.4 Å². The molecule has 19 heavy (non-hydrogen) atoms. The fourth-order valence-corrected chi connectivity index (χ4v) is 7.22. The molecule has 0 radical (unpaired) electrons. The summed E-state index contributed by atoms with van der Waals surface area (Å²) in [6, 6.07) is 18.2. The van der Waals surface area contributed by atoms with Crippen LogP contribution in [0.25, 0.3) is 0 Å². The number of nitrogens with one attached hydrogen (secondary N) is 1. The lowest BCUT2D eigenvalue weighted by atomic mass is 10.4. The second-order valence-corrected chi connectivity index (χ2v) is 10.1. The molecule has 0 aliphatic heterocycles. The largest absolute Gasteiger partial charge is 0.266 e. The summed E-state index contributed by atoms with van der Waals surface area (Å²) in [6.45, 7) is 0. The van der Waals surface area contributed by atoms with Gasteiger partial charge in [-0.25, -0.2) is 0 Å². The smallest absolute Gasteiger partial charge is 0.0276 e. The molecule has 1 N–H and O–H groups in total. The number of hydrogen-bond acceptors (Lipinski definition) is 2. The van der Waals surface area contributed by atoms with E-state index in [4.69, 9.17) is 0 Å². The first-order valence-corrected chi connectivity index (χ1v) is 10.3. The van der Waals surface area contributed by atoms with Crippen molar-refractivity contribution in [3.63, 3.8) is 0 Å². The first-order valence-electron chi connectivity index (χ1n) is 5.98. The Hall–Kier alpha value is -1.30. The van der Waals surface area contributed by atoms with Crippen LogP contribution in [0.15, 0.2) is 70.5 Å². The van der Waals surface area contributed by atoms with Gasteiger partial charge in [-0.15, -0.1) is 0 Å². The van der Waals surface area contributed by atoms with Crippen LogP contribution in [0.1, 0.15) is 0 Å². The van der Waals surface area contributed by atoms with E-state index in [1.807, 2.05) is 36.4 Å². The molecule has 0 aliphatic carbocycles. The molecular weight excluding hydrogens is 278 g/mol. The maximum Gasteiger partial charge on any atom is 0.0276 e. The van der Waals surface area contributed by atoms with Crippen molar-refractivity contribution in [3.05, 3.63) is 60.7 Å². The third-order valence-corrected chi connectivity index (χ3v) is 8.50. The Kier molecular flexibility index (Phi) is 3.99. The third kappa shape index (κ3) is 3.37. The zero-order valence-electron chi connectivity index (χ0n) is 11.0. The Bertz CT molecular complexity index is 584. The third-order valence-electron chi connectivity index (χ3n) is 2.88. The van der Waals surface area contributed by atoms with Crippen molar-refractivity contribution >= 4 is 20.2 Å². The molecule has 0 aromatic heterocycles. The summed E-state index contributed by atoms with van der Waals surface area (Å²) < 4.78 is 28.3. The molecule has 0 atom stereocenters. The SMILES string of the molecule is C[SH](=O)(N[SH](C)(=O)c1ccccc1)c1ccccc1. The van der Waals surface area contributed by atoms with E-state index in [1.54, 1.807) is 36.8 Å². The summed E-state index contributed by atoms with van der Waals surface area (Å²) in [5.74, 6) is 0. The van der Waals surface area contributed by atoms with Crippen LogP contribution >= 0.6 is 0 Å². The van der Waals surface area contributed by atoms with Gasteiger partial charge in [-0.3, -0.25) is 8.42 Å². The fourth-order valence-electron chi connectivity index (χ4n) is 1.90. The lowest BCUT2D eigenvalue weighted by Crippen LogP contribution is -2.39. The highest BCUT2D eigenvalue weighted by molar-refractivity contribution is 8.15. The molecule has 3 nitrogen and oxygen atoms in total. The van der Waals surface area contributed by atoms with Crippen molar-refractivity contribution < 1.29 is 8.42 Å². The first-order chi connectivity index (χ1) is 8.92. The van der Waals surface area contributed by atoms with Gasteiger partial charge in [-0.05, 0) is 44.5 Å². The van der Waals surface area contributed by atoms with E-state index in [0.29, 0.717) is 9.79 Å². The second-order valence-electron chi connectivity index (χ2n) is 4.62. The van der Waals surface area contributed by atoms with E-state index < -0.39 is 20.2 Å². The summed E-state index contributed by atoms with van der Waals surface area (Å²) in [5.41, 5.74) is 0. The highest BCUT2D eigenvalue weighted by Crippen LogP contribution is 2.20. The van der Waals surface area contributed by atoms with E-state index in [2.05, 4.69) is 4.13 Å². The van der Waals surface area contributed by atoms with Crippen LogP contribution in [0, 0.1) is 0 Å². The molecule has 0 saturated heterocycles. The average molecular weight is 297 g/mol. The van der Waals surface area contributed by atoms with Gasteiger partial charge >= 0.3 is 0 Å². The van der Waals surface area contributed by atoms with Crippen molar-refractivity contribution in [2.45, 2.75) is 9.79 Å². The number of benzene rings is 2. The van der Waals surface area contributed by atoms with Crippen molar-refractivity contribution in [3.8, 4) is 0 Å². The minimum absolute atomic E-state index is 0.688. The molecule has 0 saturated carbocycles. The van der Waals surface area contributed by atoms with Crippen LogP contribution in [0.2, 0.25) is 0 Å². The monoisotopic (exact) mass is 297 g/mol. The van der Waals surface area contributed by atoms with Crippen LogP contribution in [0.5, 0.6) is 0 Å². The molecule has 0 aliphatic rings. The quantitative estimate of drug-likeness (QED) is 0.754. The molecular formula is C14H19NO2S2. The van der Waals surface area contributed by atoms with E-state index in [9.17, 15) is 8.42 Å². The Morgan fingerprint density at radius 3 is 1.32 bits per heavy atom. The molecule has 104 valence electrons. The maximum atomic E-state index is 12.7. The molecule has 0 unspecified atom stereocenters. The topological polar surface area (TPSA) is 46.2 Å². The molecule has 2 aromatic carbocycles. The van der Waals surface area contributed by atoms with Gasteiger partial charge in [0.2, 0.25) is 0 Å². The lowest BCUT2D eigenvalue weighted by molar-refractivity contribution is 0.661. The average Bonchev–Trinajstić information content (AvgIpc) is 2.40. The van der Waals surface area contributed by atoms with Crippen molar-refractivity contribution in [2.75, 3.05) is 12.5 Å². The van der Waals surface area contributed by atoms with Gasteiger partial charge in [0.15, 0.2) is 0 Å². The van der Waals surface area contributed by atoms with E-state index in [-0.39, 0.29) is 0 Å². The Morgan fingerprint density at radius 1 is 0.684 bits per heavy atom. The van der Waals surface area contributed by atoms with Crippen LogP contribution < -0.4 is 4.13 Å². The summed E-state index contributed by atoms with van der Waals surface area (Å²) in [5, 5.41) is 0. The summed E-state index contributed by atoms with van der Waals surface area (Å²) >= 11 is 0. The summed E-state index contributed by atoms with van der Waals surface area (Å²) in [6.07, 6.45) is 3.23. The van der Waals surface area contributed by atoms with Gasteiger partial charge in [0.25, 0.3) is 0 Å². The van der Waals surface area contributed by atoms with Crippen LogP contribution in [-0.2, 0) is 20.2 Å². The molecule has 2 aromatic rings. The predicted octanol–water partition coefficient (Wildman–Crippen LogP) is 1.82. The van der Waals surface area contributed by atoms with Crippen molar-refractivity contribution in [1.29, 1.82) is 0 Å². The second kappa shape index (κ2) is 5.36. The van der Waals surface area contributed by atoms with E-state index >= 15 is 0 Å². The summed E-state index contributed by atoms with van der Waals surface area (Å²) in [4.78, 5) is 1.38. The summed E-state index contributed by atoms with van der Waals surface area (Å²) in [7, 11) is -5.69. The minimum atomic E-state index is -2.84. The zero-order valence-corrected chi connectivity index (χ0v) is 12.8. The van der Waals surface area contributed by atoms with Crippen molar-refractivity contribution in [1.82, 2.24) is 4.13 Å². The standard InChI is InChI=1S/C14H19NO2S2/c1-18(16,13-9-5-3-6-10-13)15-19(2,17)14-11-7-4-8-12-14/h3-12,18-19H,1-2H3,(H,15,16,17). The molecule has 0 amide bonds. The highest BCUT2D eigenvalue weighted by Gasteiger charge is 2.19. The Balaban J connectivity index is 2.31. The normalized spacial score (nSPS) is 14.0. The molecule has 0 fully saturated rings. The minimum Gasteiger partial charge on any atom is -0.266 e. The predicted molar refractivity (Wildman–Crippen MR) is 83.5 cm³/mol. The van der Waals surface area contributed by atoms with Crippen LogP contribution in [0.4, 0.5) is 0 Å². The zero-order chi connectivity index (χ0) is 13.9. The van der Waals surface area contributed by atoms with Crippen molar-refractivity contribution in [2.24, 2.45) is 0 Å². The first kappa shape index (κ1) is 14.1. The molecule has 0 heterocycles.